The number of nitro groups is 4. The molecule has 2 N–H and O–H groups in total. The van der Waals surface area contributed by atoms with Crippen LogP contribution < -0.4 is 15.5 Å². The second-order valence-corrected chi connectivity index (χ2v) is 9.71. The van der Waals surface area contributed by atoms with E-state index in [1.165, 1.54) is 17.0 Å². The molecule has 0 aliphatic rings. The summed E-state index contributed by atoms with van der Waals surface area (Å²) in [4.78, 5) is 44.8. The topological polar surface area (TPSA) is 205 Å². The molecule has 0 aliphatic heterocycles. The van der Waals surface area contributed by atoms with Crippen LogP contribution >= 0.6 is 0 Å². The van der Waals surface area contributed by atoms with Gasteiger partial charge >= 0.3 is 11.9 Å². The number of hydrogen-bond acceptors (Lipinski definition) is 11. The molecule has 244 valence electrons. The Labute approximate surface area is 251 Å². The number of nitrogens with zero attached hydrogens (tertiary/aromatic N) is 6. The molecule has 0 unspecified atom stereocenters. The summed E-state index contributed by atoms with van der Waals surface area (Å²) in [5.74, 6) is 0. The van der Waals surface area contributed by atoms with Gasteiger partial charge in [0.05, 0.1) is 25.3 Å². The van der Waals surface area contributed by atoms with E-state index in [0.717, 1.165) is 12.8 Å². The highest BCUT2D eigenvalue weighted by atomic mass is 19.4. The smallest absolute Gasteiger partial charge is 0.393 e. The zero-order valence-corrected chi connectivity index (χ0v) is 25.0. The van der Waals surface area contributed by atoms with Crippen molar-refractivity contribution in [1.29, 1.82) is 0 Å². The third-order valence-corrected chi connectivity index (χ3v) is 6.19. The summed E-state index contributed by atoms with van der Waals surface area (Å²) in [6.45, 7) is 10.5. The Kier molecular flexibility index (Phi) is 13.7. The van der Waals surface area contributed by atoms with Crippen LogP contribution in [0.5, 0.6) is 0 Å². The Morgan fingerprint density at radius 2 is 1.00 bits per heavy atom. The normalized spacial score (nSPS) is 10.9. The highest BCUT2D eigenvalue weighted by Gasteiger charge is 2.42. The van der Waals surface area contributed by atoms with Crippen molar-refractivity contribution in [2.45, 2.75) is 66.5 Å². The molecule has 0 fully saturated rings. The predicted octanol–water partition coefficient (Wildman–Crippen LogP) is 7.17. The van der Waals surface area contributed by atoms with Crippen LogP contribution in [0.25, 0.3) is 0 Å². The summed E-state index contributed by atoms with van der Waals surface area (Å²) >= 11 is 0. The van der Waals surface area contributed by atoms with Crippen molar-refractivity contribution in [3.8, 4) is 0 Å². The average Bonchev–Trinajstić information content (AvgIpc) is 2.91. The molecule has 18 heteroatoms. The van der Waals surface area contributed by atoms with Crippen molar-refractivity contribution < 1.29 is 32.9 Å². The molecule has 15 nitrogen and oxygen atoms in total. The number of nitrogen functional groups attached to an aromatic ring is 1. The fourth-order valence-electron chi connectivity index (χ4n) is 4.62. The molecule has 0 saturated heterocycles. The standard InChI is InChI=1S/C13H17F3N4O4.C13H19N3O4/c1-3-5-18(6-4-2)11-9(19(21)22)7-8(13(14,15)16)10(17)12(11)20(23)24;1-4-6-14(7-5-2)13-11(15(17)18)8-10(3)9-12(13)16(19)20/h7H,3-6,17H2,1-2H3;8-9H,4-7H2,1-3H3. The molecule has 0 bridgehead atoms. The number of nitrogens with two attached hydrogens (primary N) is 1. The molecule has 0 aliphatic carbocycles. The highest BCUT2D eigenvalue weighted by Crippen LogP contribution is 2.48. The first-order valence-corrected chi connectivity index (χ1v) is 13.7. The van der Waals surface area contributed by atoms with Gasteiger partial charge < -0.3 is 15.5 Å². The van der Waals surface area contributed by atoms with Crippen molar-refractivity contribution in [2.24, 2.45) is 0 Å². The SMILES string of the molecule is CCCN(CCC)c1c([N+](=O)[O-])cc(C(F)(F)F)c(N)c1[N+](=O)[O-].CCCN(CCC)c1c([N+](=O)[O-])cc(C)cc1[N+](=O)[O-]. The van der Waals surface area contributed by atoms with Gasteiger partial charge in [0.2, 0.25) is 0 Å². The molecular weight excluding hydrogens is 595 g/mol. The zero-order chi connectivity index (χ0) is 33.9. The van der Waals surface area contributed by atoms with Crippen LogP contribution in [0.2, 0.25) is 0 Å². The molecule has 2 rings (SSSR count). The molecule has 0 amide bonds. The van der Waals surface area contributed by atoms with Gasteiger partial charge in [0, 0.05) is 44.4 Å². The quantitative estimate of drug-likeness (QED) is 0.126. The minimum Gasteiger partial charge on any atom is -0.393 e. The fraction of sp³-hybridized carbons (Fsp3) is 0.538. The zero-order valence-electron chi connectivity index (χ0n) is 25.0. The van der Waals surface area contributed by atoms with E-state index in [0.29, 0.717) is 31.5 Å². The van der Waals surface area contributed by atoms with Crippen LogP contribution in [0.1, 0.15) is 64.5 Å². The van der Waals surface area contributed by atoms with Crippen LogP contribution in [0.3, 0.4) is 0 Å². The second kappa shape index (κ2) is 16.2. The van der Waals surface area contributed by atoms with Gasteiger partial charge in [0.1, 0.15) is 5.69 Å². The lowest BCUT2D eigenvalue weighted by molar-refractivity contribution is -0.392. The van der Waals surface area contributed by atoms with Gasteiger partial charge in [-0.3, -0.25) is 40.5 Å². The van der Waals surface area contributed by atoms with Crippen molar-refractivity contribution in [1.82, 2.24) is 0 Å². The van der Waals surface area contributed by atoms with E-state index < -0.39 is 54.2 Å². The number of hydrogen-bond donors (Lipinski definition) is 1. The molecular formula is C26H36F3N7O8. The van der Waals surface area contributed by atoms with Crippen molar-refractivity contribution in [2.75, 3.05) is 41.7 Å². The summed E-state index contributed by atoms with van der Waals surface area (Å²) in [5, 5.41) is 45.0. The minimum absolute atomic E-state index is 0.120. The largest absolute Gasteiger partial charge is 0.418 e. The summed E-state index contributed by atoms with van der Waals surface area (Å²) in [7, 11) is 0. The van der Waals surface area contributed by atoms with Crippen molar-refractivity contribution >= 4 is 39.8 Å². The Morgan fingerprint density at radius 1 is 0.659 bits per heavy atom. The van der Waals surface area contributed by atoms with Crippen molar-refractivity contribution in [3.63, 3.8) is 0 Å². The van der Waals surface area contributed by atoms with E-state index >= 15 is 0 Å². The van der Waals surface area contributed by atoms with Gasteiger partial charge in [-0.05, 0) is 38.2 Å². The minimum atomic E-state index is -5.04. The van der Waals surface area contributed by atoms with E-state index in [-0.39, 0.29) is 36.2 Å². The maximum atomic E-state index is 13.0. The van der Waals surface area contributed by atoms with Crippen LogP contribution in [0.4, 0.5) is 53.0 Å². The van der Waals surface area contributed by atoms with Gasteiger partial charge in [-0.1, -0.05) is 27.7 Å². The number of nitro benzene ring substituents is 4. The van der Waals surface area contributed by atoms with Gasteiger partial charge in [-0.15, -0.1) is 0 Å². The van der Waals surface area contributed by atoms with Crippen LogP contribution in [0, 0.1) is 47.4 Å². The van der Waals surface area contributed by atoms with Gasteiger partial charge in [-0.25, -0.2) is 0 Å². The number of anilines is 3. The molecule has 0 saturated carbocycles. The lowest BCUT2D eigenvalue weighted by Crippen LogP contribution is -2.27. The molecule has 0 heterocycles. The highest BCUT2D eigenvalue weighted by molar-refractivity contribution is 5.86. The number of rotatable bonds is 14. The predicted molar refractivity (Wildman–Crippen MR) is 159 cm³/mol. The summed E-state index contributed by atoms with van der Waals surface area (Å²) in [6, 6.07) is 3.04. The summed E-state index contributed by atoms with van der Waals surface area (Å²) in [6.07, 6.45) is -2.52. The first-order valence-electron chi connectivity index (χ1n) is 13.7. The fourth-order valence-corrected chi connectivity index (χ4v) is 4.62. The van der Waals surface area contributed by atoms with Crippen LogP contribution in [-0.2, 0) is 6.18 Å². The van der Waals surface area contributed by atoms with Gasteiger partial charge in [0.15, 0.2) is 11.4 Å². The van der Waals surface area contributed by atoms with Crippen molar-refractivity contribution in [3.05, 3.63) is 69.8 Å². The van der Waals surface area contributed by atoms with E-state index in [2.05, 4.69) is 0 Å². The maximum Gasteiger partial charge on any atom is 0.418 e. The molecule has 0 radical (unpaired) electrons. The van der Waals surface area contributed by atoms with E-state index in [1.807, 2.05) is 13.8 Å². The molecule has 0 aromatic heterocycles. The molecule has 0 spiro atoms. The Balaban J connectivity index is 0.000000447. The van der Waals surface area contributed by atoms with Crippen LogP contribution in [0.15, 0.2) is 18.2 Å². The Bertz CT molecular complexity index is 1330. The molecule has 2 aromatic carbocycles. The number of alkyl halides is 3. The lowest BCUT2D eigenvalue weighted by atomic mass is 10.1. The third-order valence-electron chi connectivity index (χ3n) is 6.19. The third kappa shape index (κ3) is 9.11. The second-order valence-electron chi connectivity index (χ2n) is 9.71. The van der Waals surface area contributed by atoms with Gasteiger partial charge in [0.25, 0.3) is 17.1 Å². The molecule has 0 atom stereocenters. The number of aryl methyl sites for hydroxylation is 1. The Hall–Kier alpha value is -4.77. The van der Waals surface area contributed by atoms with Crippen LogP contribution in [-0.4, -0.2) is 45.9 Å². The number of halogens is 3. The van der Waals surface area contributed by atoms with Gasteiger partial charge in [-0.2, -0.15) is 13.2 Å². The molecule has 44 heavy (non-hydrogen) atoms. The maximum absolute atomic E-state index is 13.0. The Morgan fingerprint density at radius 3 is 1.30 bits per heavy atom. The number of benzene rings is 2. The van der Waals surface area contributed by atoms with E-state index in [4.69, 9.17) is 5.73 Å². The average molecular weight is 632 g/mol. The molecule has 2 aromatic rings. The lowest BCUT2D eigenvalue weighted by Gasteiger charge is -2.24. The first kappa shape index (κ1) is 37.3. The summed E-state index contributed by atoms with van der Waals surface area (Å²) < 4.78 is 39.1. The van der Waals surface area contributed by atoms with E-state index in [9.17, 15) is 53.6 Å². The van der Waals surface area contributed by atoms with E-state index in [1.54, 1.807) is 25.7 Å². The first-order chi connectivity index (χ1) is 20.5. The summed E-state index contributed by atoms with van der Waals surface area (Å²) in [5.41, 5.74) is 0.343. The monoisotopic (exact) mass is 631 g/mol.